The van der Waals surface area contributed by atoms with E-state index in [4.69, 9.17) is 21.0 Å². The highest BCUT2D eigenvalue weighted by molar-refractivity contribution is 6.03. The maximum atomic E-state index is 16.7. The largest absolute Gasteiger partial charge is 0.508 e. The van der Waals surface area contributed by atoms with Gasteiger partial charge in [-0.1, -0.05) is 29.3 Å². The summed E-state index contributed by atoms with van der Waals surface area (Å²) >= 11 is 0. The van der Waals surface area contributed by atoms with Crippen molar-refractivity contribution in [3.05, 3.63) is 59.8 Å². The van der Waals surface area contributed by atoms with E-state index >= 15 is 4.39 Å². The van der Waals surface area contributed by atoms with Gasteiger partial charge in [-0.05, 0) is 55.8 Å². The van der Waals surface area contributed by atoms with Crippen LogP contribution < -0.4 is 9.64 Å². The number of fused-ring (bicyclic) bond motifs is 3. The number of phenols is 1. The van der Waals surface area contributed by atoms with E-state index in [1.54, 1.807) is 7.11 Å². The van der Waals surface area contributed by atoms with E-state index in [1.165, 1.54) is 30.5 Å². The van der Waals surface area contributed by atoms with Crippen LogP contribution in [0.1, 0.15) is 37.7 Å². The minimum absolute atomic E-state index is 0.0150. The molecular formula is C34H32F2N6O3. The van der Waals surface area contributed by atoms with Crippen molar-refractivity contribution < 1.29 is 23.5 Å². The van der Waals surface area contributed by atoms with E-state index in [0.717, 1.165) is 37.9 Å². The fourth-order valence-corrected chi connectivity index (χ4v) is 6.99. The summed E-state index contributed by atoms with van der Waals surface area (Å²) in [7, 11) is 1.55. The zero-order valence-electron chi connectivity index (χ0n) is 24.9. The Morgan fingerprint density at radius 2 is 1.96 bits per heavy atom. The lowest BCUT2D eigenvalue weighted by Gasteiger charge is -2.30. The molecule has 0 amide bonds. The van der Waals surface area contributed by atoms with Gasteiger partial charge in [-0.15, -0.1) is 6.42 Å². The van der Waals surface area contributed by atoms with Gasteiger partial charge in [0, 0.05) is 43.2 Å². The first kappa shape index (κ1) is 28.9. The summed E-state index contributed by atoms with van der Waals surface area (Å²) in [5.41, 5.74) is 0.717. The minimum Gasteiger partial charge on any atom is -0.508 e. The molecule has 45 heavy (non-hydrogen) atoms. The summed E-state index contributed by atoms with van der Waals surface area (Å²) in [5.74, 6) is 1.40. The van der Waals surface area contributed by atoms with Crippen LogP contribution in [0.4, 0.5) is 14.6 Å². The van der Waals surface area contributed by atoms with Gasteiger partial charge in [-0.2, -0.15) is 9.97 Å². The average molecular weight is 611 g/mol. The third-order valence-corrected chi connectivity index (χ3v) is 9.03. The Kier molecular flexibility index (Phi) is 7.45. The molecule has 4 aromatic rings. The molecular weight excluding hydrogens is 578 g/mol. The molecule has 2 aromatic carbocycles. The number of aromatic hydroxyl groups is 1. The first-order chi connectivity index (χ1) is 21.9. The molecule has 5 heterocycles. The highest BCUT2D eigenvalue weighted by atomic mass is 19.1. The predicted molar refractivity (Wildman–Crippen MR) is 168 cm³/mol. The molecule has 230 valence electrons. The smallest absolute Gasteiger partial charge is 0.319 e. The van der Waals surface area contributed by atoms with Crippen LogP contribution in [0.15, 0.2) is 47.8 Å². The van der Waals surface area contributed by atoms with Crippen LogP contribution in [0.3, 0.4) is 0 Å². The number of hydrogen-bond donors (Lipinski definition) is 1. The Morgan fingerprint density at radius 3 is 2.73 bits per heavy atom. The number of halogens is 2. The molecule has 11 heteroatoms. The van der Waals surface area contributed by atoms with E-state index in [0.29, 0.717) is 49.3 Å². The molecule has 0 bridgehead atoms. The second-order valence-corrected chi connectivity index (χ2v) is 11.8. The molecule has 0 saturated carbocycles. The standard InChI is InChI=1S/C34H32F2N6O3/c1-3-24-27(35)10-9-21-15-23(43)16-25(28(21)24)30-29(36)31-26(18-37-30)32(41-12-6-4-5-7-13-41)39-33(38-31)45-20-34-11-8-14-42(34)19-22(17-34)40-44-2/h1,4-5,9-10,15-16,18,43H,6-8,11-14,17,19-20H2,2H3/b40-22+/t34-/m0/s1. The van der Waals surface area contributed by atoms with Gasteiger partial charge in [0.15, 0.2) is 5.82 Å². The van der Waals surface area contributed by atoms with Gasteiger partial charge in [0.2, 0.25) is 0 Å². The van der Waals surface area contributed by atoms with Crippen molar-refractivity contribution in [2.24, 2.45) is 5.16 Å². The number of phenolic OH excluding ortho intramolecular Hbond substituents is 1. The maximum absolute atomic E-state index is 16.7. The number of ether oxygens (including phenoxy) is 1. The fraction of sp³-hybridized carbons (Fsp3) is 0.353. The van der Waals surface area contributed by atoms with Gasteiger partial charge in [0.1, 0.15) is 42.3 Å². The second kappa shape index (κ2) is 11.6. The Bertz CT molecular complexity index is 1910. The third kappa shape index (κ3) is 5.09. The summed E-state index contributed by atoms with van der Waals surface area (Å²) in [6.45, 7) is 3.32. The number of oxime groups is 1. The van der Waals surface area contributed by atoms with Crippen molar-refractivity contribution in [1.29, 1.82) is 0 Å². The van der Waals surface area contributed by atoms with Crippen molar-refractivity contribution in [2.75, 3.05) is 44.8 Å². The van der Waals surface area contributed by atoms with E-state index < -0.39 is 11.6 Å². The van der Waals surface area contributed by atoms with Gasteiger partial charge in [0.25, 0.3) is 0 Å². The molecule has 1 N–H and O–H groups in total. The summed E-state index contributed by atoms with van der Waals surface area (Å²) < 4.78 is 37.9. The third-order valence-electron chi connectivity index (χ3n) is 9.03. The highest BCUT2D eigenvalue weighted by Crippen LogP contribution is 2.40. The van der Waals surface area contributed by atoms with Gasteiger partial charge in [0.05, 0.1) is 22.2 Å². The lowest BCUT2D eigenvalue weighted by atomic mass is 9.95. The zero-order valence-corrected chi connectivity index (χ0v) is 24.9. The molecule has 9 nitrogen and oxygen atoms in total. The van der Waals surface area contributed by atoms with Crippen LogP contribution >= 0.6 is 0 Å². The van der Waals surface area contributed by atoms with E-state index in [2.05, 4.69) is 43.0 Å². The van der Waals surface area contributed by atoms with Crippen molar-refractivity contribution in [1.82, 2.24) is 19.9 Å². The summed E-state index contributed by atoms with van der Waals surface area (Å²) in [4.78, 5) is 23.4. The molecule has 7 rings (SSSR count). The van der Waals surface area contributed by atoms with Gasteiger partial charge < -0.3 is 19.6 Å². The van der Waals surface area contributed by atoms with Gasteiger partial charge in [-0.3, -0.25) is 9.88 Å². The number of rotatable bonds is 6. The van der Waals surface area contributed by atoms with Crippen molar-refractivity contribution in [3.63, 3.8) is 0 Å². The number of hydrogen-bond acceptors (Lipinski definition) is 9. The Labute approximate surface area is 259 Å². The Morgan fingerprint density at radius 1 is 1.13 bits per heavy atom. The molecule has 3 aliphatic rings. The highest BCUT2D eigenvalue weighted by Gasteiger charge is 2.48. The van der Waals surface area contributed by atoms with E-state index in [9.17, 15) is 9.50 Å². The van der Waals surface area contributed by atoms with Crippen LogP contribution in [0.2, 0.25) is 0 Å². The van der Waals surface area contributed by atoms with Crippen LogP contribution in [-0.4, -0.2) is 76.1 Å². The number of pyridine rings is 1. The topological polar surface area (TPSA) is 96.2 Å². The van der Waals surface area contributed by atoms with Crippen LogP contribution in [0.5, 0.6) is 11.8 Å². The molecule has 2 saturated heterocycles. The average Bonchev–Trinajstić information content (AvgIpc) is 3.44. The van der Waals surface area contributed by atoms with Crippen LogP contribution in [0, 0.1) is 24.0 Å². The first-order valence-electron chi connectivity index (χ1n) is 15.1. The van der Waals surface area contributed by atoms with Gasteiger partial charge >= 0.3 is 6.01 Å². The number of nitrogens with zero attached hydrogens (tertiary/aromatic N) is 6. The normalized spacial score (nSPS) is 20.9. The number of terminal acetylenes is 1. The quantitative estimate of drug-likeness (QED) is 0.172. The molecule has 1 atom stereocenters. The molecule has 2 aromatic heterocycles. The molecule has 0 aliphatic carbocycles. The van der Waals surface area contributed by atoms with Gasteiger partial charge in [-0.25, -0.2) is 8.78 Å². The molecule has 2 fully saturated rings. The van der Waals surface area contributed by atoms with E-state index in [1.807, 2.05) is 0 Å². The number of benzene rings is 2. The molecule has 0 unspecified atom stereocenters. The van der Waals surface area contributed by atoms with E-state index in [-0.39, 0.29) is 45.0 Å². The van der Waals surface area contributed by atoms with Crippen molar-refractivity contribution in [3.8, 4) is 35.4 Å². The lowest BCUT2D eigenvalue weighted by Crippen LogP contribution is -2.43. The van der Waals surface area contributed by atoms with Crippen LogP contribution in [-0.2, 0) is 4.84 Å². The lowest BCUT2D eigenvalue weighted by molar-refractivity contribution is 0.108. The number of anilines is 1. The maximum Gasteiger partial charge on any atom is 0.319 e. The van der Waals surface area contributed by atoms with Crippen molar-refractivity contribution >= 4 is 33.2 Å². The van der Waals surface area contributed by atoms with Crippen molar-refractivity contribution in [2.45, 2.75) is 37.6 Å². The monoisotopic (exact) mass is 610 g/mol. The minimum atomic E-state index is -0.746. The summed E-state index contributed by atoms with van der Waals surface area (Å²) in [6, 6.07) is 5.57. The molecule has 0 radical (unpaired) electrons. The number of aromatic nitrogens is 3. The summed E-state index contributed by atoms with van der Waals surface area (Å²) in [5, 5.41) is 15.9. The summed E-state index contributed by atoms with van der Waals surface area (Å²) in [6.07, 6.45) is 15.7. The predicted octanol–water partition coefficient (Wildman–Crippen LogP) is 5.59. The molecule has 0 spiro atoms. The Balaban J connectivity index is 1.36. The Hall–Kier alpha value is -4.82. The second-order valence-electron chi connectivity index (χ2n) is 11.8. The fourth-order valence-electron chi connectivity index (χ4n) is 6.99. The zero-order chi connectivity index (χ0) is 31.1. The van der Waals surface area contributed by atoms with Crippen LogP contribution in [0.25, 0.3) is 32.9 Å². The first-order valence-corrected chi connectivity index (χ1v) is 15.1. The SMILES string of the molecule is C#Cc1c(F)ccc2cc(O)cc(-c3ncc4c(N5CCC=CCC5)nc(OC[C@@]56CCCN5C/C(=N/OC)C6)nc4c3F)c12. The molecule has 3 aliphatic heterocycles.